The Morgan fingerprint density at radius 1 is 1.18 bits per heavy atom. The smallest absolute Gasteiger partial charge is 0.265 e. The molecule has 1 amide bonds. The fraction of sp³-hybridized carbons (Fsp3) is 0.167. The van der Waals surface area contributed by atoms with Crippen LogP contribution in [0.25, 0.3) is 0 Å². The Hall–Kier alpha value is -2.59. The van der Waals surface area contributed by atoms with Gasteiger partial charge in [-0.25, -0.2) is 5.43 Å². The van der Waals surface area contributed by atoms with E-state index in [9.17, 15) is 4.79 Å². The molecular formula is C18H20N2O2. The van der Waals surface area contributed by atoms with Crippen molar-refractivity contribution in [1.29, 1.82) is 0 Å². The second-order valence-corrected chi connectivity index (χ2v) is 4.81. The maximum atomic E-state index is 12.1. The third-order valence-corrected chi connectivity index (χ3v) is 3.32. The number of carbonyl (C=O) groups is 1. The second kappa shape index (κ2) is 8.00. The van der Waals surface area contributed by atoms with E-state index in [0.717, 1.165) is 11.3 Å². The van der Waals surface area contributed by atoms with E-state index in [1.54, 1.807) is 19.2 Å². The van der Waals surface area contributed by atoms with Crippen molar-refractivity contribution in [2.75, 3.05) is 7.11 Å². The highest BCUT2D eigenvalue weighted by atomic mass is 16.5. The van der Waals surface area contributed by atoms with Crippen LogP contribution in [0, 0.1) is 0 Å². The van der Waals surface area contributed by atoms with E-state index in [0.29, 0.717) is 12.0 Å². The van der Waals surface area contributed by atoms with Crippen molar-refractivity contribution in [3.8, 4) is 5.75 Å². The van der Waals surface area contributed by atoms with Gasteiger partial charge in [-0.1, -0.05) is 36.4 Å². The van der Waals surface area contributed by atoms with Crippen molar-refractivity contribution in [2.24, 2.45) is 0 Å². The molecule has 0 radical (unpaired) electrons. The fourth-order valence-electron chi connectivity index (χ4n) is 2.10. The lowest BCUT2D eigenvalue weighted by Crippen LogP contribution is -2.39. The lowest BCUT2D eigenvalue weighted by molar-refractivity contribution is 0.0925. The molecule has 4 heteroatoms. The summed E-state index contributed by atoms with van der Waals surface area (Å²) in [4.78, 5) is 12.1. The van der Waals surface area contributed by atoms with Gasteiger partial charge in [0.05, 0.1) is 13.2 Å². The fourth-order valence-corrected chi connectivity index (χ4v) is 2.10. The maximum absolute atomic E-state index is 12.1. The number of amides is 1. The Morgan fingerprint density at radius 3 is 2.45 bits per heavy atom. The number of hydrogen-bond donors (Lipinski definition) is 2. The average Bonchev–Trinajstić information content (AvgIpc) is 2.59. The minimum absolute atomic E-state index is 0.0453. The molecule has 0 saturated heterocycles. The van der Waals surface area contributed by atoms with Crippen LogP contribution in [0.5, 0.6) is 5.75 Å². The molecule has 2 aromatic carbocycles. The van der Waals surface area contributed by atoms with Gasteiger partial charge in [0.15, 0.2) is 0 Å². The van der Waals surface area contributed by atoms with Crippen LogP contribution in [0.3, 0.4) is 0 Å². The topological polar surface area (TPSA) is 50.4 Å². The first kappa shape index (κ1) is 15.8. The molecule has 1 atom stereocenters. The van der Waals surface area contributed by atoms with Gasteiger partial charge < -0.3 is 4.74 Å². The van der Waals surface area contributed by atoms with Crippen molar-refractivity contribution < 1.29 is 9.53 Å². The van der Waals surface area contributed by atoms with Gasteiger partial charge in [-0.05, 0) is 36.2 Å². The van der Waals surface area contributed by atoms with Crippen LogP contribution in [-0.4, -0.2) is 13.0 Å². The van der Waals surface area contributed by atoms with Crippen LogP contribution in [0.4, 0.5) is 0 Å². The molecule has 0 fully saturated rings. The summed E-state index contributed by atoms with van der Waals surface area (Å²) in [7, 11) is 1.63. The van der Waals surface area contributed by atoms with Crippen molar-refractivity contribution in [3.63, 3.8) is 0 Å². The molecule has 1 unspecified atom stereocenters. The summed E-state index contributed by atoms with van der Waals surface area (Å²) < 4.78 is 5.15. The molecule has 0 heterocycles. The van der Waals surface area contributed by atoms with Gasteiger partial charge in [-0.2, -0.15) is 0 Å². The zero-order valence-corrected chi connectivity index (χ0v) is 12.6. The summed E-state index contributed by atoms with van der Waals surface area (Å²) in [6, 6.07) is 16.8. The summed E-state index contributed by atoms with van der Waals surface area (Å²) in [5.41, 5.74) is 7.47. The van der Waals surface area contributed by atoms with Gasteiger partial charge in [0.2, 0.25) is 0 Å². The van der Waals surface area contributed by atoms with Gasteiger partial charge in [-0.15, -0.1) is 6.58 Å². The highest BCUT2D eigenvalue weighted by Gasteiger charge is 2.12. The number of rotatable bonds is 7. The third-order valence-electron chi connectivity index (χ3n) is 3.32. The summed E-state index contributed by atoms with van der Waals surface area (Å²) in [5.74, 6) is 0.637. The first-order chi connectivity index (χ1) is 10.7. The summed E-state index contributed by atoms with van der Waals surface area (Å²) in [6.45, 7) is 3.77. The highest BCUT2D eigenvalue weighted by Crippen LogP contribution is 2.20. The summed E-state index contributed by atoms with van der Waals surface area (Å²) in [6.07, 6.45) is 2.51. The predicted molar refractivity (Wildman–Crippen MR) is 87.6 cm³/mol. The van der Waals surface area contributed by atoms with E-state index < -0.39 is 0 Å². The van der Waals surface area contributed by atoms with Crippen LogP contribution in [0.15, 0.2) is 67.3 Å². The number of methoxy groups -OCH3 is 1. The maximum Gasteiger partial charge on any atom is 0.265 e. The molecule has 2 aromatic rings. The van der Waals surface area contributed by atoms with Gasteiger partial charge in [0, 0.05) is 5.56 Å². The molecule has 2 N–H and O–H groups in total. The lowest BCUT2D eigenvalue weighted by Gasteiger charge is -2.18. The molecule has 0 aliphatic heterocycles. The minimum atomic E-state index is -0.164. The molecule has 0 bridgehead atoms. The van der Waals surface area contributed by atoms with Gasteiger partial charge in [-0.3, -0.25) is 10.2 Å². The van der Waals surface area contributed by atoms with Gasteiger partial charge in [0.1, 0.15) is 5.75 Å². The summed E-state index contributed by atoms with van der Waals surface area (Å²) in [5, 5.41) is 0. The molecule has 2 rings (SSSR count). The largest absolute Gasteiger partial charge is 0.497 e. The van der Waals surface area contributed by atoms with Crippen molar-refractivity contribution in [1.82, 2.24) is 10.9 Å². The van der Waals surface area contributed by atoms with Crippen molar-refractivity contribution in [3.05, 3.63) is 78.4 Å². The molecule has 0 spiro atoms. The van der Waals surface area contributed by atoms with Crippen LogP contribution < -0.4 is 15.6 Å². The SMILES string of the molecule is C=CCC(NNC(=O)c1ccccc1)c1ccc(OC)cc1. The number of benzene rings is 2. The molecule has 0 saturated carbocycles. The molecule has 0 aromatic heterocycles. The van der Waals surface area contributed by atoms with Crippen LogP contribution in [0.2, 0.25) is 0 Å². The standard InChI is InChI=1S/C18H20N2O2/c1-3-7-17(14-10-12-16(22-2)13-11-14)19-20-18(21)15-8-5-4-6-9-15/h3-6,8-13,17,19H,1,7H2,2H3,(H,20,21). The first-order valence-corrected chi connectivity index (χ1v) is 7.10. The number of carbonyl (C=O) groups excluding carboxylic acids is 1. The number of nitrogens with one attached hydrogen (secondary N) is 2. The first-order valence-electron chi connectivity index (χ1n) is 7.10. The van der Waals surface area contributed by atoms with Crippen LogP contribution >= 0.6 is 0 Å². The monoisotopic (exact) mass is 296 g/mol. The van der Waals surface area contributed by atoms with Crippen molar-refractivity contribution >= 4 is 5.91 Å². The van der Waals surface area contributed by atoms with Gasteiger partial charge in [0.25, 0.3) is 5.91 Å². The van der Waals surface area contributed by atoms with E-state index in [1.165, 1.54) is 0 Å². The van der Waals surface area contributed by atoms with Crippen LogP contribution in [0.1, 0.15) is 28.4 Å². The zero-order valence-electron chi connectivity index (χ0n) is 12.6. The van der Waals surface area contributed by atoms with E-state index in [1.807, 2.05) is 48.5 Å². The molecule has 4 nitrogen and oxygen atoms in total. The molecule has 114 valence electrons. The lowest BCUT2D eigenvalue weighted by atomic mass is 10.0. The van der Waals surface area contributed by atoms with Crippen LogP contribution in [-0.2, 0) is 0 Å². The number of hydrogen-bond acceptors (Lipinski definition) is 3. The molecule has 0 aliphatic carbocycles. The third kappa shape index (κ3) is 4.20. The summed E-state index contributed by atoms with van der Waals surface area (Å²) >= 11 is 0. The molecule has 0 aliphatic rings. The molecule has 22 heavy (non-hydrogen) atoms. The average molecular weight is 296 g/mol. The number of ether oxygens (including phenoxy) is 1. The number of hydrazine groups is 1. The molecular weight excluding hydrogens is 276 g/mol. The predicted octanol–water partition coefficient (Wildman–Crippen LogP) is 3.25. The highest BCUT2D eigenvalue weighted by molar-refractivity contribution is 5.93. The quantitative estimate of drug-likeness (QED) is 0.609. The Kier molecular flexibility index (Phi) is 5.74. The Morgan fingerprint density at radius 2 is 1.86 bits per heavy atom. The zero-order chi connectivity index (χ0) is 15.8. The van der Waals surface area contributed by atoms with Gasteiger partial charge >= 0.3 is 0 Å². The van der Waals surface area contributed by atoms with E-state index in [2.05, 4.69) is 17.4 Å². The Labute approximate surface area is 130 Å². The Balaban J connectivity index is 2.02. The normalized spacial score (nSPS) is 11.5. The second-order valence-electron chi connectivity index (χ2n) is 4.81. The van der Waals surface area contributed by atoms with Crippen molar-refractivity contribution in [2.45, 2.75) is 12.5 Å². The van der Waals surface area contributed by atoms with E-state index in [-0.39, 0.29) is 11.9 Å². The Bertz CT molecular complexity index is 609. The minimum Gasteiger partial charge on any atom is -0.497 e. The van der Waals surface area contributed by atoms with E-state index >= 15 is 0 Å². The van der Waals surface area contributed by atoms with E-state index in [4.69, 9.17) is 4.74 Å².